The maximum Gasteiger partial charge on any atom is 0.217 e. The van der Waals surface area contributed by atoms with E-state index in [0.29, 0.717) is 35.2 Å². The molecule has 1 unspecified atom stereocenters. The third kappa shape index (κ3) is 8.00. The van der Waals surface area contributed by atoms with Gasteiger partial charge in [-0.1, -0.05) is 29.8 Å². The molecule has 1 saturated heterocycles. The Morgan fingerprint density at radius 2 is 1.91 bits per heavy atom. The number of aromatic nitrogens is 3. The van der Waals surface area contributed by atoms with Crippen LogP contribution in [0.15, 0.2) is 85.5 Å². The Kier molecular flexibility index (Phi) is 9.77. The van der Waals surface area contributed by atoms with E-state index in [-0.39, 0.29) is 24.4 Å². The van der Waals surface area contributed by atoms with Gasteiger partial charge in [0.05, 0.1) is 16.6 Å². The van der Waals surface area contributed by atoms with E-state index >= 15 is 0 Å². The second kappa shape index (κ2) is 14.3. The lowest BCUT2D eigenvalue weighted by Crippen LogP contribution is -2.46. The molecule has 238 valence electrons. The van der Waals surface area contributed by atoms with Crippen LogP contribution in [0.3, 0.4) is 0 Å². The number of ether oxygens (including phenoxy) is 1. The minimum Gasteiger partial charge on any atom is -0.487 e. The van der Waals surface area contributed by atoms with Crippen LogP contribution in [0.2, 0.25) is 5.02 Å². The fourth-order valence-corrected chi connectivity index (χ4v) is 6.06. The van der Waals surface area contributed by atoms with Gasteiger partial charge in [-0.05, 0) is 78.1 Å². The molecule has 1 fully saturated rings. The number of halogens is 2. The molecule has 1 amide bonds. The quantitative estimate of drug-likeness (QED) is 0.158. The summed E-state index contributed by atoms with van der Waals surface area (Å²) in [4.78, 5) is 22.5. The number of aliphatic hydroxyl groups is 1. The summed E-state index contributed by atoms with van der Waals surface area (Å²) in [7, 11) is 0. The Balaban J connectivity index is 1.09. The number of piperidine rings is 1. The van der Waals surface area contributed by atoms with E-state index in [9.17, 15) is 14.3 Å². The van der Waals surface area contributed by atoms with Gasteiger partial charge in [-0.2, -0.15) is 0 Å². The minimum atomic E-state index is -0.511. The number of hydrogen-bond donors (Lipinski definition) is 3. The Morgan fingerprint density at radius 1 is 1.07 bits per heavy atom. The van der Waals surface area contributed by atoms with E-state index in [4.69, 9.17) is 16.3 Å². The number of nitrogens with one attached hydrogen (secondary N) is 2. The zero-order valence-corrected chi connectivity index (χ0v) is 26.3. The summed E-state index contributed by atoms with van der Waals surface area (Å²) >= 11 is 6.52. The molecule has 11 heteroatoms. The molecule has 46 heavy (non-hydrogen) atoms. The van der Waals surface area contributed by atoms with Gasteiger partial charge in [0.25, 0.3) is 0 Å². The lowest BCUT2D eigenvalue weighted by Gasteiger charge is -2.33. The number of nitrogens with zero attached hydrogens (tertiary/aromatic N) is 4. The summed E-state index contributed by atoms with van der Waals surface area (Å²) in [6, 6.07) is 19.9. The standard InChI is InChI=1S/C35H36ClFN6O3/c1-23(44)40-28-10-13-42(14-11-28)19-30(45)20-43-12-9-26(18-43)25-5-7-33-31(16-25)35(39-22-38-33)41-29-6-8-34(32(36)17-29)46-21-24-3-2-4-27(37)15-24/h2-9,12,15-18,22,28,30,45H,10-11,13-14,19-21H2,1H3,(H,40,44)(H,38,39,41). The molecule has 1 atom stereocenters. The molecule has 0 saturated carbocycles. The van der Waals surface area contributed by atoms with Crippen LogP contribution in [0, 0.1) is 5.82 Å². The third-order valence-electron chi connectivity index (χ3n) is 8.08. The first-order valence-corrected chi connectivity index (χ1v) is 15.7. The van der Waals surface area contributed by atoms with Crippen LogP contribution < -0.4 is 15.4 Å². The van der Waals surface area contributed by atoms with Crippen molar-refractivity contribution < 1.29 is 19.0 Å². The van der Waals surface area contributed by atoms with Gasteiger partial charge in [-0.3, -0.25) is 4.79 Å². The average molecular weight is 643 g/mol. The molecule has 6 rings (SSSR count). The summed E-state index contributed by atoms with van der Waals surface area (Å²) < 4.78 is 21.3. The number of fused-ring (bicyclic) bond motifs is 1. The minimum absolute atomic E-state index is 0.00920. The number of benzene rings is 3. The molecule has 2 aromatic heterocycles. The van der Waals surface area contributed by atoms with Crippen molar-refractivity contribution in [2.75, 3.05) is 25.0 Å². The van der Waals surface area contributed by atoms with Gasteiger partial charge in [0.15, 0.2) is 0 Å². The molecule has 3 aromatic carbocycles. The number of amides is 1. The summed E-state index contributed by atoms with van der Waals surface area (Å²) in [5, 5.41) is 18.4. The zero-order chi connectivity index (χ0) is 32.0. The molecule has 0 bridgehead atoms. The van der Waals surface area contributed by atoms with Crippen molar-refractivity contribution in [3.8, 4) is 16.9 Å². The van der Waals surface area contributed by atoms with Crippen molar-refractivity contribution in [2.24, 2.45) is 0 Å². The molecular formula is C35H36ClFN6O3. The van der Waals surface area contributed by atoms with Crippen molar-refractivity contribution in [2.45, 2.75) is 45.1 Å². The van der Waals surface area contributed by atoms with Gasteiger partial charge in [-0.15, -0.1) is 0 Å². The van der Waals surface area contributed by atoms with Crippen LogP contribution in [0.25, 0.3) is 22.0 Å². The summed E-state index contributed by atoms with van der Waals surface area (Å²) in [6.07, 6.45) is 6.81. The number of carbonyl (C=O) groups excluding carboxylic acids is 1. The molecule has 1 aliphatic rings. The summed E-state index contributed by atoms with van der Waals surface area (Å²) in [5.41, 5.74) is 4.25. The molecule has 9 nitrogen and oxygen atoms in total. The first-order chi connectivity index (χ1) is 22.3. The van der Waals surface area contributed by atoms with Crippen molar-refractivity contribution in [3.05, 3.63) is 102 Å². The van der Waals surface area contributed by atoms with E-state index in [2.05, 4.69) is 25.5 Å². The fraction of sp³-hybridized carbons (Fsp3) is 0.286. The molecule has 0 spiro atoms. The number of carbonyl (C=O) groups is 1. The van der Waals surface area contributed by atoms with Crippen LogP contribution in [-0.2, 0) is 17.9 Å². The third-order valence-corrected chi connectivity index (χ3v) is 8.38. The first kappa shape index (κ1) is 31.5. The monoisotopic (exact) mass is 642 g/mol. The molecule has 1 aliphatic heterocycles. The van der Waals surface area contributed by atoms with Crippen LogP contribution in [0.4, 0.5) is 15.9 Å². The second-order valence-electron chi connectivity index (χ2n) is 11.7. The van der Waals surface area contributed by atoms with Crippen LogP contribution in [-0.4, -0.2) is 62.2 Å². The van der Waals surface area contributed by atoms with E-state index in [0.717, 1.165) is 53.6 Å². The van der Waals surface area contributed by atoms with E-state index in [1.807, 2.05) is 47.3 Å². The highest BCUT2D eigenvalue weighted by Crippen LogP contribution is 2.32. The van der Waals surface area contributed by atoms with E-state index < -0.39 is 6.10 Å². The molecule has 3 heterocycles. The summed E-state index contributed by atoms with van der Waals surface area (Å²) in [6.45, 7) is 4.54. The smallest absolute Gasteiger partial charge is 0.217 e. The van der Waals surface area contributed by atoms with Crippen LogP contribution in [0.5, 0.6) is 5.75 Å². The largest absolute Gasteiger partial charge is 0.487 e. The van der Waals surface area contributed by atoms with Crippen molar-refractivity contribution in [3.63, 3.8) is 0 Å². The Bertz CT molecular complexity index is 1820. The number of rotatable bonds is 11. The lowest BCUT2D eigenvalue weighted by atomic mass is 10.0. The van der Waals surface area contributed by atoms with Crippen molar-refractivity contribution in [1.82, 2.24) is 24.8 Å². The van der Waals surface area contributed by atoms with Gasteiger partial charge in [-0.25, -0.2) is 14.4 Å². The van der Waals surface area contributed by atoms with Gasteiger partial charge in [0.1, 0.15) is 30.3 Å². The lowest BCUT2D eigenvalue weighted by molar-refractivity contribution is -0.120. The van der Waals surface area contributed by atoms with E-state index in [1.165, 1.54) is 18.5 Å². The molecule has 0 aliphatic carbocycles. The highest BCUT2D eigenvalue weighted by Gasteiger charge is 2.21. The average Bonchev–Trinajstić information content (AvgIpc) is 3.50. The summed E-state index contributed by atoms with van der Waals surface area (Å²) in [5.74, 6) is 0.822. The Hall–Kier alpha value is -4.51. The SMILES string of the molecule is CC(=O)NC1CCN(CC(O)Cn2ccc(-c3ccc4ncnc(Nc5ccc(OCc6cccc(F)c6)c(Cl)c5)c4c3)c2)CC1. The second-order valence-corrected chi connectivity index (χ2v) is 12.1. The Morgan fingerprint density at radius 3 is 2.70 bits per heavy atom. The highest BCUT2D eigenvalue weighted by molar-refractivity contribution is 6.32. The number of aliphatic hydroxyl groups excluding tert-OH is 1. The molecule has 3 N–H and O–H groups in total. The zero-order valence-electron chi connectivity index (χ0n) is 25.5. The fourth-order valence-electron chi connectivity index (χ4n) is 5.83. The topological polar surface area (TPSA) is 105 Å². The number of likely N-dealkylation sites (tertiary alicyclic amines) is 1. The highest BCUT2D eigenvalue weighted by atomic mass is 35.5. The predicted octanol–water partition coefficient (Wildman–Crippen LogP) is 6.17. The molecule has 0 radical (unpaired) electrons. The van der Waals surface area contributed by atoms with Crippen LogP contribution in [0.1, 0.15) is 25.3 Å². The van der Waals surface area contributed by atoms with Gasteiger partial charge in [0, 0.05) is 62.6 Å². The van der Waals surface area contributed by atoms with E-state index in [1.54, 1.807) is 31.2 Å². The maximum atomic E-state index is 13.5. The number of hydrogen-bond acceptors (Lipinski definition) is 7. The van der Waals surface area contributed by atoms with Gasteiger partial charge >= 0.3 is 0 Å². The van der Waals surface area contributed by atoms with Crippen LogP contribution >= 0.6 is 11.6 Å². The van der Waals surface area contributed by atoms with Crippen molar-refractivity contribution in [1.29, 1.82) is 0 Å². The molecule has 5 aromatic rings. The Labute approximate surface area is 272 Å². The maximum absolute atomic E-state index is 13.5. The number of anilines is 2. The normalized spacial score (nSPS) is 14.7. The predicted molar refractivity (Wildman–Crippen MR) is 178 cm³/mol. The van der Waals surface area contributed by atoms with Gasteiger partial charge < -0.3 is 29.9 Å². The molecular weight excluding hydrogens is 607 g/mol. The van der Waals surface area contributed by atoms with Crippen molar-refractivity contribution >= 4 is 39.9 Å². The first-order valence-electron chi connectivity index (χ1n) is 15.3. The van der Waals surface area contributed by atoms with Gasteiger partial charge in [0.2, 0.25) is 5.91 Å². The number of β-amino-alcohol motifs (C(OH)–C–C–N with tert-alkyl or cyclic N) is 1.